The number of hydrazone groups is 1. The Balaban J connectivity index is 1.62. The lowest BCUT2D eigenvalue weighted by Gasteiger charge is -2.02. The molecular weight excluding hydrogens is 364 g/mol. The zero-order valence-corrected chi connectivity index (χ0v) is 14.9. The van der Waals surface area contributed by atoms with Crippen LogP contribution in [0.4, 0.5) is 11.5 Å². The van der Waals surface area contributed by atoms with Crippen molar-refractivity contribution in [3.63, 3.8) is 0 Å². The summed E-state index contributed by atoms with van der Waals surface area (Å²) in [5.41, 5.74) is 3.84. The molecule has 0 saturated heterocycles. The third-order valence-corrected chi connectivity index (χ3v) is 3.64. The Morgan fingerprint density at radius 1 is 1.25 bits per heavy atom. The molecule has 9 heteroatoms. The van der Waals surface area contributed by atoms with E-state index in [-0.39, 0.29) is 11.7 Å². The van der Waals surface area contributed by atoms with Gasteiger partial charge in [0.05, 0.1) is 23.3 Å². The first-order chi connectivity index (χ1) is 13.6. The van der Waals surface area contributed by atoms with E-state index in [0.717, 1.165) is 11.8 Å². The summed E-state index contributed by atoms with van der Waals surface area (Å²) in [6.45, 7) is 2.08. The van der Waals surface area contributed by atoms with Crippen LogP contribution in [0.15, 0.2) is 64.2 Å². The number of benzene rings is 1. The minimum atomic E-state index is -0.524. The molecule has 0 aliphatic rings. The van der Waals surface area contributed by atoms with Gasteiger partial charge in [-0.2, -0.15) is 5.10 Å². The first-order valence-corrected chi connectivity index (χ1v) is 8.33. The normalized spacial score (nSPS) is 10.8. The lowest BCUT2D eigenvalue weighted by molar-refractivity contribution is -0.385. The van der Waals surface area contributed by atoms with Crippen molar-refractivity contribution in [3.8, 4) is 11.3 Å². The third-order valence-electron chi connectivity index (χ3n) is 3.64. The van der Waals surface area contributed by atoms with Crippen LogP contribution in [0.3, 0.4) is 0 Å². The molecule has 3 rings (SSSR count). The van der Waals surface area contributed by atoms with Gasteiger partial charge in [0.2, 0.25) is 0 Å². The zero-order chi connectivity index (χ0) is 19.9. The average Bonchev–Trinajstić information content (AvgIpc) is 3.17. The number of carbonyl (C=O) groups excluding carboxylic acids is 1. The number of anilines is 1. The molecule has 0 saturated carbocycles. The van der Waals surface area contributed by atoms with Crippen molar-refractivity contribution in [1.82, 2.24) is 4.98 Å². The highest BCUT2D eigenvalue weighted by molar-refractivity contribution is 5.90. The van der Waals surface area contributed by atoms with Gasteiger partial charge in [0.25, 0.3) is 5.69 Å². The standard InChI is InChI=1S/C19H16N4O5/c1-2-27-19(24)14-5-3-13(4-6-14)17-9-8-16(28-17)12-21-22-18-10-7-15(11-20-18)23(25)26/h3-12H,2H2,1H3,(H,20,22)/b21-12+. The fraction of sp³-hybridized carbons (Fsp3) is 0.105. The topological polar surface area (TPSA) is 120 Å². The highest BCUT2D eigenvalue weighted by Gasteiger charge is 2.08. The Kier molecular flexibility index (Phi) is 5.75. The Morgan fingerprint density at radius 3 is 2.68 bits per heavy atom. The minimum absolute atomic E-state index is 0.0980. The SMILES string of the molecule is CCOC(=O)c1ccc(-c2ccc(/C=N/Nc3ccc([N+](=O)[O-])cn3)o2)cc1. The fourth-order valence-electron chi connectivity index (χ4n) is 2.28. The Bertz CT molecular complexity index is 994. The summed E-state index contributed by atoms with van der Waals surface area (Å²) in [6, 6.07) is 13.2. The number of aromatic nitrogens is 1. The number of nitrogens with one attached hydrogen (secondary N) is 1. The van der Waals surface area contributed by atoms with Crippen molar-refractivity contribution in [2.24, 2.45) is 5.10 Å². The van der Waals surface area contributed by atoms with Crippen LogP contribution in [-0.2, 0) is 4.74 Å². The van der Waals surface area contributed by atoms with E-state index in [1.807, 2.05) is 0 Å². The van der Waals surface area contributed by atoms with Crippen LogP contribution < -0.4 is 5.43 Å². The number of nitrogens with zero attached hydrogens (tertiary/aromatic N) is 3. The van der Waals surface area contributed by atoms with Crippen molar-refractivity contribution < 1.29 is 18.9 Å². The zero-order valence-electron chi connectivity index (χ0n) is 14.9. The van der Waals surface area contributed by atoms with E-state index in [1.165, 1.54) is 18.3 Å². The van der Waals surface area contributed by atoms with Gasteiger partial charge in [0, 0.05) is 11.6 Å². The van der Waals surface area contributed by atoms with Crippen LogP contribution in [0, 0.1) is 10.1 Å². The van der Waals surface area contributed by atoms with E-state index in [2.05, 4.69) is 15.5 Å². The number of nitro groups is 1. The van der Waals surface area contributed by atoms with Gasteiger partial charge in [-0.1, -0.05) is 12.1 Å². The first kappa shape index (κ1) is 18.8. The van der Waals surface area contributed by atoms with Crippen LogP contribution in [-0.4, -0.2) is 28.7 Å². The second-order valence-electron chi connectivity index (χ2n) is 5.53. The maximum Gasteiger partial charge on any atom is 0.338 e. The van der Waals surface area contributed by atoms with Gasteiger partial charge >= 0.3 is 5.97 Å². The predicted molar refractivity (Wildman–Crippen MR) is 102 cm³/mol. The van der Waals surface area contributed by atoms with Gasteiger partial charge in [-0.25, -0.2) is 9.78 Å². The molecule has 0 spiro atoms. The maximum atomic E-state index is 11.7. The molecule has 0 amide bonds. The molecule has 0 aliphatic carbocycles. The lowest BCUT2D eigenvalue weighted by Crippen LogP contribution is -2.03. The van der Waals surface area contributed by atoms with E-state index in [9.17, 15) is 14.9 Å². The lowest BCUT2D eigenvalue weighted by atomic mass is 10.1. The van der Waals surface area contributed by atoms with E-state index < -0.39 is 4.92 Å². The van der Waals surface area contributed by atoms with Gasteiger partial charge < -0.3 is 9.15 Å². The fourth-order valence-corrected chi connectivity index (χ4v) is 2.28. The number of hydrogen-bond acceptors (Lipinski definition) is 8. The van der Waals surface area contributed by atoms with Crippen LogP contribution >= 0.6 is 0 Å². The van der Waals surface area contributed by atoms with Gasteiger partial charge in [-0.3, -0.25) is 15.5 Å². The summed E-state index contributed by atoms with van der Waals surface area (Å²) < 4.78 is 10.6. The second-order valence-corrected chi connectivity index (χ2v) is 5.53. The quantitative estimate of drug-likeness (QED) is 0.286. The molecule has 0 bridgehead atoms. The van der Waals surface area contributed by atoms with E-state index in [1.54, 1.807) is 43.3 Å². The van der Waals surface area contributed by atoms with E-state index >= 15 is 0 Å². The van der Waals surface area contributed by atoms with Crippen LogP contribution in [0.1, 0.15) is 23.0 Å². The van der Waals surface area contributed by atoms with Crippen molar-refractivity contribution >= 4 is 23.7 Å². The molecule has 28 heavy (non-hydrogen) atoms. The highest BCUT2D eigenvalue weighted by Crippen LogP contribution is 2.22. The molecule has 9 nitrogen and oxygen atoms in total. The van der Waals surface area contributed by atoms with Crippen molar-refractivity contribution in [3.05, 3.63) is 76.2 Å². The molecule has 0 fully saturated rings. The van der Waals surface area contributed by atoms with Crippen LogP contribution in [0.25, 0.3) is 11.3 Å². The summed E-state index contributed by atoms with van der Waals surface area (Å²) in [4.78, 5) is 25.6. The number of esters is 1. The van der Waals surface area contributed by atoms with Gasteiger partial charge in [0.15, 0.2) is 0 Å². The summed E-state index contributed by atoms with van der Waals surface area (Å²) in [6.07, 6.45) is 2.60. The minimum Gasteiger partial charge on any atom is -0.462 e. The number of hydrogen-bond donors (Lipinski definition) is 1. The second kappa shape index (κ2) is 8.58. The predicted octanol–water partition coefficient (Wildman–Crippen LogP) is 3.87. The molecule has 3 aromatic rings. The molecule has 142 valence electrons. The molecule has 1 N–H and O–H groups in total. The molecule has 0 unspecified atom stereocenters. The van der Waals surface area contributed by atoms with Gasteiger partial charge in [-0.15, -0.1) is 0 Å². The first-order valence-electron chi connectivity index (χ1n) is 8.33. The van der Waals surface area contributed by atoms with E-state index in [4.69, 9.17) is 9.15 Å². The van der Waals surface area contributed by atoms with Gasteiger partial charge in [0.1, 0.15) is 23.5 Å². The monoisotopic (exact) mass is 380 g/mol. The molecular formula is C19H16N4O5. The molecule has 0 radical (unpaired) electrons. The van der Waals surface area contributed by atoms with Crippen molar-refractivity contribution in [1.29, 1.82) is 0 Å². The van der Waals surface area contributed by atoms with Crippen LogP contribution in [0.5, 0.6) is 0 Å². The Morgan fingerprint density at radius 2 is 2.04 bits per heavy atom. The summed E-state index contributed by atoms with van der Waals surface area (Å²) >= 11 is 0. The highest BCUT2D eigenvalue weighted by atomic mass is 16.6. The summed E-state index contributed by atoms with van der Waals surface area (Å²) in [5, 5.41) is 14.6. The summed E-state index contributed by atoms with van der Waals surface area (Å²) in [5.74, 6) is 1.11. The summed E-state index contributed by atoms with van der Waals surface area (Å²) in [7, 11) is 0. The van der Waals surface area contributed by atoms with Gasteiger partial charge in [-0.05, 0) is 37.3 Å². The van der Waals surface area contributed by atoms with Crippen LogP contribution in [0.2, 0.25) is 0 Å². The molecule has 2 heterocycles. The number of pyridine rings is 1. The van der Waals surface area contributed by atoms with E-state index in [0.29, 0.717) is 29.5 Å². The molecule has 1 aromatic carbocycles. The molecule has 0 atom stereocenters. The largest absolute Gasteiger partial charge is 0.462 e. The smallest absolute Gasteiger partial charge is 0.338 e. The number of furan rings is 1. The Hall–Kier alpha value is -4.01. The molecule has 2 aromatic heterocycles. The number of carbonyl (C=O) groups is 1. The molecule has 0 aliphatic heterocycles. The van der Waals surface area contributed by atoms with Crippen molar-refractivity contribution in [2.75, 3.05) is 12.0 Å². The Labute approximate surface area is 159 Å². The van der Waals surface area contributed by atoms with Crippen molar-refractivity contribution in [2.45, 2.75) is 6.92 Å². The number of ether oxygens (including phenoxy) is 1. The maximum absolute atomic E-state index is 11.7. The third kappa shape index (κ3) is 4.58. The number of rotatable bonds is 7. The average molecular weight is 380 g/mol.